The summed E-state index contributed by atoms with van der Waals surface area (Å²) in [6.07, 6.45) is 2.23. The quantitative estimate of drug-likeness (QED) is 0.776. The Kier molecular flexibility index (Phi) is 3.32. The van der Waals surface area contributed by atoms with E-state index in [0.29, 0.717) is 6.42 Å². The number of nitrogens with zero attached hydrogens (tertiary/aromatic N) is 2. The second-order valence-electron chi connectivity index (χ2n) is 4.82. The van der Waals surface area contributed by atoms with E-state index in [1.807, 2.05) is 20.0 Å². The third-order valence-corrected chi connectivity index (χ3v) is 3.25. The fourth-order valence-corrected chi connectivity index (χ4v) is 2.07. The third kappa shape index (κ3) is 2.50. The lowest BCUT2D eigenvalue weighted by Gasteiger charge is -2.04. The number of carbonyl (C=O) groups is 1. The Morgan fingerprint density at radius 2 is 1.94 bits per heavy atom. The molecule has 0 aliphatic rings. The van der Waals surface area contributed by atoms with Gasteiger partial charge in [0.2, 0.25) is 0 Å². The number of ketones is 1. The van der Waals surface area contributed by atoms with Crippen LogP contribution in [0.1, 0.15) is 32.7 Å². The Labute approximate surface area is 107 Å². The van der Waals surface area contributed by atoms with E-state index in [-0.39, 0.29) is 5.78 Å². The molecule has 0 fully saturated rings. The molecule has 1 aromatic heterocycles. The molecule has 18 heavy (non-hydrogen) atoms. The molecule has 94 valence electrons. The van der Waals surface area contributed by atoms with Crippen LogP contribution in [0.5, 0.6) is 0 Å². The van der Waals surface area contributed by atoms with Gasteiger partial charge >= 0.3 is 0 Å². The highest BCUT2D eigenvalue weighted by Gasteiger charge is 2.13. The molecule has 3 nitrogen and oxygen atoms in total. The van der Waals surface area contributed by atoms with Gasteiger partial charge in [-0.1, -0.05) is 18.2 Å². The molecule has 0 unspecified atom stereocenters. The zero-order valence-electron chi connectivity index (χ0n) is 11.3. The molecule has 0 saturated carbocycles. The topological polar surface area (TPSA) is 34.9 Å². The van der Waals surface area contributed by atoms with E-state index in [1.54, 1.807) is 10.9 Å². The van der Waals surface area contributed by atoms with Crippen LogP contribution in [-0.2, 0) is 13.5 Å². The van der Waals surface area contributed by atoms with Crippen molar-refractivity contribution < 1.29 is 4.79 Å². The molecule has 1 heterocycles. The van der Waals surface area contributed by atoms with Gasteiger partial charge in [0.1, 0.15) is 0 Å². The van der Waals surface area contributed by atoms with Crippen LogP contribution in [0.15, 0.2) is 24.4 Å². The lowest BCUT2D eigenvalue weighted by molar-refractivity contribution is 0.0992. The van der Waals surface area contributed by atoms with Crippen molar-refractivity contribution in [1.29, 1.82) is 0 Å². The van der Waals surface area contributed by atoms with Gasteiger partial charge in [-0.05, 0) is 37.5 Å². The number of carbonyl (C=O) groups excluding carboxylic acids is 1. The molecule has 0 N–H and O–H groups in total. The molecule has 0 atom stereocenters. The maximum atomic E-state index is 12.2. The van der Waals surface area contributed by atoms with Crippen molar-refractivity contribution in [2.75, 3.05) is 0 Å². The number of aromatic nitrogens is 2. The fourth-order valence-electron chi connectivity index (χ4n) is 2.07. The summed E-state index contributed by atoms with van der Waals surface area (Å²) in [4.78, 5) is 12.2. The molecule has 3 heteroatoms. The monoisotopic (exact) mass is 242 g/mol. The van der Waals surface area contributed by atoms with Crippen LogP contribution in [0.4, 0.5) is 0 Å². The average molecular weight is 242 g/mol. The number of hydrogen-bond donors (Lipinski definition) is 0. The molecule has 1 aromatic carbocycles. The predicted molar refractivity (Wildman–Crippen MR) is 71.9 cm³/mol. The van der Waals surface area contributed by atoms with Crippen molar-refractivity contribution in [2.45, 2.75) is 27.2 Å². The van der Waals surface area contributed by atoms with Crippen LogP contribution in [0.2, 0.25) is 0 Å². The van der Waals surface area contributed by atoms with E-state index in [9.17, 15) is 4.79 Å². The van der Waals surface area contributed by atoms with E-state index in [2.05, 4.69) is 31.1 Å². The maximum Gasteiger partial charge on any atom is 0.170 e. The highest BCUT2D eigenvalue weighted by molar-refractivity contribution is 5.98. The van der Waals surface area contributed by atoms with Gasteiger partial charge in [-0.3, -0.25) is 9.48 Å². The fraction of sp³-hybridized carbons (Fsp3) is 0.333. The van der Waals surface area contributed by atoms with E-state index in [0.717, 1.165) is 16.8 Å². The Morgan fingerprint density at radius 1 is 1.22 bits per heavy atom. The first-order chi connectivity index (χ1) is 8.47. The van der Waals surface area contributed by atoms with Gasteiger partial charge in [0.05, 0.1) is 11.3 Å². The van der Waals surface area contributed by atoms with Crippen molar-refractivity contribution in [3.8, 4) is 0 Å². The number of benzene rings is 1. The van der Waals surface area contributed by atoms with Crippen molar-refractivity contribution >= 4 is 5.78 Å². The van der Waals surface area contributed by atoms with Gasteiger partial charge < -0.3 is 0 Å². The second-order valence-corrected chi connectivity index (χ2v) is 4.82. The van der Waals surface area contributed by atoms with Gasteiger partial charge in [0, 0.05) is 19.7 Å². The minimum absolute atomic E-state index is 0.129. The predicted octanol–water partition coefficient (Wildman–Crippen LogP) is 2.77. The Hall–Kier alpha value is -1.90. The van der Waals surface area contributed by atoms with E-state index in [1.165, 1.54) is 11.1 Å². The Bertz CT molecular complexity index is 597. The molecule has 0 spiro atoms. The first-order valence-corrected chi connectivity index (χ1v) is 6.07. The van der Waals surface area contributed by atoms with E-state index >= 15 is 0 Å². The zero-order valence-corrected chi connectivity index (χ0v) is 11.3. The zero-order chi connectivity index (χ0) is 13.3. The minimum atomic E-state index is 0.129. The number of rotatable bonds is 3. The summed E-state index contributed by atoms with van der Waals surface area (Å²) >= 11 is 0. The minimum Gasteiger partial charge on any atom is -0.294 e. The first-order valence-electron chi connectivity index (χ1n) is 6.07. The second kappa shape index (κ2) is 4.77. The molecule has 2 rings (SSSR count). The highest BCUT2D eigenvalue weighted by atomic mass is 16.1. The van der Waals surface area contributed by atoms with Crippen LogP contribution in [0, 0.1) is 20.8 Å². The molecular weight excluding hydrogens is 224 g/mol. The lowest BCUT2D eigenvalue weighted by atomic mass is 10.00. The number of Topliss-reactive ketones (excluding diaryl/α,β-unsaturated/α-hetero) is 1. The summed E-state index contributed by atoms with van der Waals surface area (Å²) in [6.45, 7) is 6.01. The average Bonchev–Trinajstić information content (AvgIpc) is 2.63. The first kappa shape index (κ1) is 12.6. The number of aryl methyl sites for hydroxylation is 4. The summed E-state index contributed by atoms with van der Waals surface area (Å²) in [5, 5.41) is 4.20. The Balaban J connectivity index is 2.21. The standard InChI is InChI=1S/C15H18N2O/c1-10-5-6-13(7-11(10)2)8-15(18)14-9-17(4)16-12(14)3/h5-7,9H,8H2,1-4H3. The van der Waals surface area contributed by atoms with Crippen molar-refractivity contribution in [3.05, 3.63) is 52.3 Å². The van der Waals surface area contributed by atoms with Crippen LogP contribution in [0.3, 0.4) is 0 Å². The lowest BCUT2D eigenvalue weighted by Crippen LogP contribution is -2.04. The number of hydrogen-bond acceptors (Lipinski definition) is 2. The summed E-state index contributed by atoms with van der Waals surface area (Å²) in [7, 11) is 1.83. The molecule has 0 aliphatic heterocycles. The smallest absolute Gasteiger partial charge is 0.170 e. The van der Waals surface area contributed by atoms with E-state index < -0.39 is 0 Å². The van der Waals surface area contributed by atoms with Gasteiger partial charge in [-0.2, -0.15) is 5.10 Å². The molecule has 0 saturated heterocycles. The molecular formula is C15H18N2O. The van der Waals surface area contributed by atoms with Gasteiger partial charge in [-0.15, -0.1) is 0 Å². The summed E-state index contributed by atoms with van der Waals surface area (Å²) in [6, 6.07) is 6.17. The summed E-state index contributed by atoms with van der Waals surface area (Å²) in [5.41, 5.74) is 5.06. The SMILES string of the molecule is Cc1ccc(CC(=O)c2cn(C)nc2C)cc1C. The van der Waals surface area contributed by atoms with Crippen LogP contribution < -0.4 is 0 Å². The highest BCUT2D eigenvalue weighted by Crippen LogP contribution is 2.14. The normalized spacial score (nSPS) is 10.7. The third-order valence-electron chi connectivity index (χ3n) is 3.25. The maximum absolute atomic E-state index is 12.2. The summed E-state index contributed by atoms with van der Waals surface area (Å²) < 4.78 is 1.68. The molecule has 0 radical (unpaired) electrons. The Morgan fingerprint density at radius 3 is 2.50 bits per heavy atom. The van der Waals surface area contributed by atoms with Gasteiger partial charge in [-0.25, -0.2) is 0 Å². The van der Waals surface area contributed by atoms with Gasteiger partial charge in [0.15, 0.2) is 5.78 Å². The summed E-state index contributed by atoms with van der Waals surface area (Å²) in [5.74, 6) is 0.129. The molecule has 0 aliphatic carbocycles. The van der Waals surface area contributed by atoms with Crippen molar-refractivity contribution in [2.24, 2.45) is 7.05 Å². The largest absolute Gasteiger partial charge is 0.294 e. The van der Waals surface area contributed by atoms with Crippen molar-refractivity contribution in [3.63, 3.8) is 0 Å². The molecule has 0 amide bonds. The van der Waals surface area contributed by atoms with Crippen LogP contribution in [0.25, 0.3) is 0 Å². The van der Waals surface area contributed by atoms with E-state index in [4.69, 9.17) is 0 Å². The molecule has 2 aromatic rings. The van der Waals surface area contributed by atoms with Crippen LogP contribution in [-0.4, -0.2) is 15.6 Å². The van der Waals surface area contributed by atoms with Crippen molar-refractivity contribution in [1.82, 2.24) is 9.78 Å². The molecule has 0 bridgehead atoms. The van der Waals surface area contributed by atoms with Gasteiger partial charge in [0.25, 0.3) is 0 Å². The van der Waals surface area contributed by atoms with Crippen LogP contribution >= 0.6 is 0 Å².